The molecule has 0 bridgehead atoms. The molecule has 3 rings (SSSR count). The highest BCUT2D eigenvalue weighted by molar-refractivity contribution is 5.91. The van der Waals surface area contributed by atoms with Crippen molar-refractivity contribution in [3.8, 4) is 17.2 Å². The third-order valence-corrected chi connectivity index (χ3v) is 5.43. The van der Waals surface area contributed by atoms with Gasteiger partial charge in [0.2, 0.25) is 0 Å². The minimum Gasteiger partial charge on any atom is -0.497 e. The lowest BCUT2D eigenvalue weighted by Gasteiger charge is -2.18. The smallest absolute Gasteiger partial charge is 0.303 e. The van der Waals surface area contributed by atoms with Crippen molar-refractivity contribution in [2.24, 2.45) is 0 Å². The first kappa shape index (κ1) is 24.1. The number of nitrogens with zero attached hydrogens (tertiary/aromatic N) is 2. The summed E-state index contributed by atoms with van der Waals surface area (Å²) in [5.74, 6) is 2.02. The van der Waals surface area contributed by atoms with Crippen molar-refractivity contribution in [3.63, 3.8) is 0 Å². The van der Waals surface area contributed by atoms with Gasteiger partial charge in [0.05, 0.1) is 26.3 Å². The molecule has 176 valence electrons. The summed E-state index contributed by atoms with van der Waals surface area (Å²) >= 11 is 0. The molecule has 0 fully saturated rings. The average Bonchev–Trinajstić information content (AvgIpc) is 2.83. The summed E-state index contributed by atoms with van der Waals surface area (Å²) in [5.41, 5.74) is 1.86. The molecule has 33 heavy (non-hydrogen) atoms. The lowest BCUT2D eigenvalue weighted by Crippen LogP contribution is -2.09. The number of carbonyl (C=O) groups is 1. The minimum absolute atomic E-state index is 0.0197. The van der Waals surface area contributed by atoms with E-state index in [1.807, 2.05) is 36.4 Å². The summed E-state index contributed by atoms with van der Waals surface area (Å²) in [6.07, 6.45) is 5.06. The Morgan fingerprint density at radius 1 is 1.00 bits per heavy atom. The molecule has 0 saturated heterocycles. The van der Waals surface area contributed by atoms with E-state index < -0.39 is 5.97 Å². The predicted octanol–water partition coefficient (Wildman–Crippen LogP) is 5.23. The predicted molar refractivity (Wildman–Crippen MR) is 127 cm³/mol. The average molecular weight is 454 g/mol. The quantitative estimate of drug-likeness (QED) is 0.339. The van der Waals surface area contributed by atoms with Crippen molar-refractivity contribution in [1.29, 1.82) is 0 Å². The van der Waals surface area contributed by atoms with Crippen LogP contribution in [0.4, 0.5) is 5.82 Å². The summed E-state index contributed by atoms with van der Waals surface area (Å²) in [7, 11) is 3.25. The van der Waals surface area contributed by atoms with Crippen LogP contribution >= 0.6 is 0 Å². The van der Waals surface area contributed by atoms with Gasteiger partial charge in [-0.2, -0.15) is 0 Å². The summed E-state index contributed by atoms with van der Waals surface area (Å²) in [6.45, 7) is 2.59. The molecule has 2 N–H and O–H groups in total. The molecule has 1 atom stereocenters. The molecular weight excluding hydrogens is 422 g/mol. The molecule has 0 aliphatic heterocycles. The molecule has 0 spiro atoms. The van der Waals surface area contributed by atoms with Gasteiger partial charge in [-0.1, -0.05) is 25.0 Å². The molecule has 0 aliphatic carbocycles. The van der Waals surface area contributed by atoms with E-state index in [4.69, 9.17) is 19.3 Å². The van der Waals surface area contributed by atoms with Gasteiger partial charge in [0.1, 0.15) is 17.9 Å². The van der Waals surface area contributed by atoms with Gasteiger partial charge in [-0.3, -0.25) is 4.79 Å². The number of aliphatic carboxylic acids is 1. The van der Waals surface area contributed by atoms with Crippen molar-refractivity contribution in [3.05, 3.63) is 48.3 Å². The molecular formula is C25H31N3O5. The first-order chi connectivity index (χ1) is 16.0. The first-order valence-electron chi connectivity index (χ1n) is 11.1. The number of methoxy groups -OCH3 is 2. The standard InChI is InChI=1S/C25H31N3O5/c1-17(18-9-11-19(31-2)12-10-18)28-25-20-14-23(22(32-3)15-21(20)26-16-27-25)33-13-7-5-4-6-8-24(29)30/h9-12,14-17H,4-8,13H2,1-3H3,(H,29,30)(H,26,27,28). The number of anilines is 1. The number of unbranched alkanes of at least 4 members (excludes halogenated alkanes) is 3. The Labute approximate surface area is 193 Å². The van der Waals surface area contributed by atoms with Crippen molar-refractivity contribution in [1.82, 2.24) is 9.97 Å². The van der Waals surface area contributed by atoms with Gasteiger partial charge < -0.3 is 24.6 Å². The summed E-state index contributed by atoms with van der Waals surface area (Å²) in [4.78, 5) is 19.4. The van der Waals surface area contributed by atoms with Gasteiger partial charge in [-0.05, 0) is 43.5 Å². The topological polar surface area (TPSA) is 103 Å². The Kier molecular flexibility index (Phi) is 8.69. The van der Waals surface area contributed by atoms with E-state index in [0.717, 1.165) is 41.5 Å². The van der Waals surface area contributed by atoms with Crippen LogP contribution in [0, 0.1) is 0 Å². The van der Waals surface area contributed by atoms with Crippen LogP contribution in [0.25, 0.3) is 10.9 Å². The molecule has 1 aromatic heterocycles. The third-order valence-electron chi connectivity index (χ3n) is 5.43. The van der Waals surface area contributed by atoms with E-state index in [1.54, 1.807) is 14.2 Å². The number of benzene rings is 2. The van der Waals surface area contributed by atoms with Gasteiger partial charge in [0.15, 0.2) is 11.5 Å². The van der Waals surface area contributed by atoms with Crippen LogP contribution in [0.3, 0.4) is 0 Å². The number of hydrogen-bond donors (Lipinski definition) is 2. The summed E-state index contributed by atoms with van der Waals surface area (Å²) < 4.78 is 16.7. The van der Waals surface area contributed by atoms with Crippen molar-refractivity contribution < 1.29 is 24.1 Å². The van der Waals surface area contributed by atoms with Gasteiger partial charge >= 0.3 is 5.97 Å². The lowest BCUT2D eigenvalue weighted by molar-refractivity contribution is -0.137. The molecule has 8 nitrogen and oxygen atoms in total. The molecule has 3 aromatic rings. The third kappa shape index (κ3) is 6.71. The largest absolute Gasteiger partial charge is 0.497 e. The monoisotopic (exact) mass is 453 g/mol. The fourth-order valence-electron chi connectivity index (χ4n) is 3.55. The Balaban J connectivity index is 1.70. The summed E-state index contributed by atoms with van der Waals surface area (Å²) in [5, 5.41) is 13.0. The SMILES string of the molecule is COc1ccc(C(C)Nc2ncnc3cc(OC)c(OCCCCCCC(=O)O)cc23)cc1. The van der Waals surface area contributed by atoms with Crippen LogP contribution in [-0.4, -0.2) is 41.9 Å². The molecule has 2 aromatic carbocycles. The minimum atomic E-state index is -0.750. The number of ether oxygens (including phenoxy) is 3. The molecule has 0 saturated carbocycles. The first-order valence-corrected chi connectivity index (χ1v) is 11.1. The maximum absolute atomic E-state index is 10.6. The highest BCUT2D eigenvalue weighted by Gasteiger charge is 2.14. The van der Waals surface area contributed by atoms with Gasteiger partial charge in [0, 0.05) is 23.9 Å². The van der Waals surface area contributed by atoms with Crippen LogP contribution in [0.2, 0.25) is 0 Å². The van der Waals surface area contributed by atoms with Gasteiger partial charge in [-0.25, -0.2) is 9.97 Å². The zero-order valence-corrected chi connectivity index (χ0v) is 19.3. The number of carboxylic acids is 1. The molecule has 0 amide bonds. The van der Waals surface area contributed by atoms with Gasteiger partial charge in [0.25, 0.3) is 0 Å². The zero-order valence-electron chi connectivity index (χ0n) is 19.3. The second-order valence-corrected chi connectivity index (χ2v) is 7.79. The number of nitrogens with one attached hydrogen (secondary N) is 1. The van der Waals surface area contributed by atoms with E-state index in [1.165, 1.54) is 6.33 Å². The van der Waals surface area contributed by atoms with Crippen LogP contribution in [0.5, 0.6) is 17.2 Å². The van der Waals surface area contributed by atoms with Crippen LogP contribution in [0.1, 0.15) is 50.6 Å². The normalized spacial score (nSPS) is 11.7. The van der Waals surface area contributed by atoms with E-state index in [9.17, 15) is 4.79 Å². The fourth-order valence-corrected chi connectivity index (χ4v) is 3.55. The second kappa shape index (κ2) is 11.9. The van der Waals surface area contributed by atoms with E-state index in [2.05, 4.69) is 22.2 Å². The summed E-state index contributed by atoms with van der Waals surface area (Å²) in [6, 6.07) is 11.7. The lowest BCUT2D eigenvalue weighted by atomic mass is 10.1. The number of aromatic nitrogens is 2. The van der Waals surface area contributed by atoms with Crippen molar-refractivity contribution in [2.75, 3.05) is 26.1 Å². The number of fused-ring (bicyclic) bond motifs is 1. The van der Waals surface area contributed by atoms with Crippen LogP contribution in [0.15, 0.2) is 42.7 Å². The number of rotatable bonds is 13. The van der Waals surface area contributed by atoms with Gasteiger partial charge in [-0.15, -0.1) is 0 Å². The van der Waals surface area contributed by atoms with E-state index in [-0.39, 0.29) is 12.5 Å². The number of hydrogen-bond acceptors (Lipinski definition) is 7. The Hall–Kier alpha value is -3.55. The Morgan fingerprint density at radius 3 is 2.45 bits per heavy atom. The maximum atomic E-state index is 10.6. The molecule has 1 heterocycles. The maximum Gasteiger partial charge on any atom is 0.303 e. The molecule has 1 unspecified atom stereocenters. The zero-order chi connectivity index (χ0) is 23.6. The van der Waals surface area contributed by atoms with E-state index >= 15 is 0 Å². The van der Waals surface area contributed by atoms with Crippen molar-refractivity contribution in [2.45, 2.75) is 45.1 Å². The van der Waals surface area contributed by atoms with Crippen LogP contribution < -0.4 is 19.5 Å². The molecule has 8 heteroatoms. The van der Waals surface area contributed by atoms with E-state index in [0.29, 0.717) is 30.3 Å². The second-order valence-electron chi connectivity index (χ2n) is 7.79. The Morgan fingerprint density at radius 2 is 1.76 bits per heavy atom. The van der Waals surface area contributed by atoms with Crippen LogP contribution in [-0.2, 0) is 4.79 Å². The molecule has 0 radical (unpaired) electrons. The highest BCUT2D eigenvalue weighted by Crippen LogP contribution is 2.35. The number of carboxylic acid groups (broad SMARTS) is 1. The van der Waals surface area contributed by atoms with Crippen molar-refractivity contribution >= 4 is 22.7 Å². The highest BCUT2D eigenvalue weighted by atomic mass is 16.5. The Bertz CT molecular complexity index is 1060. The fraction of sp³-hybridized carbons (Fsp3) is 0.400. The molecule has 0 aliphatic rings.